The van der Waals surface area contributed by atoms with Crippen molar-refractivity contribution in [3.8, 4) is 0 Å². The summed E-state index contributed by atoms with van der Waals surface area (Å²) in [6.07, 6.45) is -2.24. The lowest BCUT2D eigenvalue weighted by Gasteiger charge is -2.26. The second kappa shape index (κ2) is 8.65. The van der Waals surface area contributed by atoms with Crippen molar-refractivity contribution in [3.05, 3.63) is 35.4 Å². The Morgan fingerprint density at radius 3 is 2.63 bits per heavy atom. The molecule has 0 fully saturated rings. The van der Waals surface area contributed by atoms with Gasteiger partial charge in [-0.25, -0.2) is 0 Å². The predicted molar refractivity (Wildman–Crippen MR) is 103 cm³/mol. The molecule has 1 aliphatic heterocycles. The van der Waals surface area contributed by atoms with Gasteiger partial charge in [0.15, 0.2) is 5.78 Å². The Morgan fingerprint density at radius 1 is 1.37 bits per heavy atom. The highest BCUT2D eigenvalue weighted by Crippen LogP contribution is 2.27. The van der Waals surface area contributed by atoms with E-state index in [0.29, 0.717) is 12.0 Å². The fraction of sp³-hybridized carbons (Fsp3) is 0.571. The zero-order valence-electron chi connectivity index (χ0n) is 18.6. The van der Waals surface area contributed by atoms with Crippen molar-refractivity contribution in [2.24, 2.45) is 11.8 Å². The molecule has 0 bridgehead atoms. The maximum atomic E-state index is 13.0. The van der Waals surface area contributed by atoms with Crippen LogP contribution in [0.4, 0.5) is 0 Å². The minimum absolute atomic E-state index is 0.307. The molecule has 2 rings (SSSR count). The first-order valence-electron chi connectivity index (χ1n) is 10.2. The van der Waals surface area contributed by atoms with Crippen molar-refractivity contribution in [2.75, 3.05) is 7.05 Å². The molecule has 1 aliphatic rings. The Bertz CT molecular complexity index is 808. The van der Waals surface area contributed by atoms with Crippen molar-refractivity contribution in [1.29, 1.82) is 0 Å². The second-order valence-corrected chi connectivity index (χ2v) is 7.52. The number of nitrogens with zero attached hydrogens (tertiary/aromatic N) is 1. The number of carbonyl (C=O) groups is 3. The first kappa shape index (κ1) is 18.2. The summed E-state index contributed by atoms with van der Waals surface area (Å²) in [7, 11) is 1.54. The van der Waals surface area contributed by atoms with Gasteiger partial charge in [-0.1, -0.05) is 45.0 Å². The molecule has 0 aromatic heterocycles. The molecule has 1 aromatic rings. The number of benzene rings is 1. The van der Waals surface area contributed by atoms with E-state index in [0.717, 1.165) is 5.56 Å². The van der Waals surface area contributed by atoms with Crippen molar-refractivity contribution in [2.45, 2.75) is 58.7 Å². The van der Waals surface area contributed by atoms with Crippen molar-refractivity contribution in [1.82, 2.24) is 10.2 Å². The summed E-state index contributed by atoms with van der Waals surface area (Å²) in [6, 6.07) is 5.06. The van der Waals surface area contributed by atoms with Gasteiger partial charge in [-0.2, -0.15) is 0 Å². The fourth-order valence-corrected chi connectivity index (χ4v) is 3.11. The van der Waals surface area contributed by atoms with Gasteiger partial charge in [0.05, 0.1) is 2.74 Å². The smallest absolute Gasteiger partial charge is 0.249 e. The number of amides is 2. The zero-order chi connectivity index (χ0) is 22.1. The third-order valence-electron chi connectivity index (χ3n) is 5.02. The van der Waals surface area contributed by atoms with Gasteiger partial charge in [-0.05, 0) is 30.4 Å². The van der Waals surface area contributed by atoms with Gasteiger partial charge in [0.25, 0.3) is 0 Å². The Labute approximate surface area is 163 Å². The van der Waals surface area contributed by atoms with E-state index in [9.17, 15) is 19.5 Å². The van der Waals surface area contributed by atoms with E-state index in [1.54, 1.807) is 32.9 Å². The number of fused-ring (bicyclic) bond motifs is 1. The SMILES string of the molecule is [2H]C1(C)Cc2ccccc2[C@H](NC(=O)[C@H](C)CC(=O)[C@@]([2H])(O)C(C)C)C(=O)N1C. The number of hydrogen-bond acceptors (Lipinski definition) is 4. The molecule has 0 aliphatic carbocycles. The van der Waals surface area contributed by atoms with Crippen LogP contribution in [0.1, 0.15) is 54.0 Å². The molecule has 1 aromatic carbocycles. The molecule has 148 valence electrons. The minimum Gasteiger partial charge on any atom is -0.385 e. The lowest BCUT2D eigenvalue weighted by atomic mass is 9.94. The van der Waals surface area contributed by atoms with Gasteiger partial charge in [-0.3, -0.25) is 14.4 Å². The highest BCUT2D eigenvalue weighted by atomic mass is 16.3. The van der Waals surface area contributed by atoms with E-state index >= 15 is 0 Å². The third kappa shape index (κ3) is 4.75. The molecule has 1 heterocycles. The van der Waals surface area contributed by atoms with Gasteiger partial charge < -0.3 is 15.3 Å². The molecule has 0 saturated carbocycles. The van der Waals surface area contributed by atoms with Gasteiger partial charge >= 0.3 is 0 Å². The van der Waals surface area contributed by atoms with Crippen molar-refractivity contribution < 1.29 is 22.2 Å². The van der Waals surface area contributed by atoms with Crippen LogP contribution in [-0.2, 0) is 20.8 Å². The lowest BCUT2D eigenvalue weighted by Crippen LogP contribution is -2.44. The maximum absolute atomic E-state index is 13.0. The average Bonchev–Trinajstić information content (AvgIpc) is 2.70. The van der Waals surface area contributed by atoms with E-state index in [1.165, 1.54) is 18.9 Å². The normalized spacial score (nSPS) is 27.0. The summed E-state index contributed by atoms with van der Waals surface area (Å²) in [5, 5.41) is 12.7. The Kier molecular flexibility index (Phi) is 5.82. The number of ketones is 1. The van der Waals surface area contributed by atoms with Gasteiger partial charge in [0.1, 0.15) is 12.1 Å². The molecule has 0 saturated heterocycles. The van der Waals surface area contributed by atoms with Crippen LogP contribution in [0.5, 0.6) is 0 Å². The summed E-state index contributed by atoms with van der Waals surface area (Å²) < 4.78 is 16.3. The van der Waals surface area contributed by atoms with Crippen LogP contribution in [0.15, 0.2) is 24.3 Å². The van der Waals surface area contributed by atoms with E-state index in [2.05, 4.69) is 5.32 Å². The lowest BCUT2D eigenvalue weighted by molar-refractivity contribution is -0.138. The van der Waals surface area contributed by atoms with Crippen molar-refractivity contribution >= 4 is 17.6 Å². The average molecular weight is 376 g/mol. The van der Waals surface area contributed by atoms with E-state index < -0.39 is 47.6 Å². The van der Waals surface area contributed by atoms with E-state index in [4.69, 9.17) is 2.74 Å². The highest BCUT2D eigenvalue weighted by molar-refractivity contribution is 5.93. The summed E-state index contributed by atoms with van der Waals surface area (Å²) in [4.78, 5) is 39.3. The number of Topliss-reactive ketones (excluding diaryl/α,β-unsaturated/α-hetero) is 1. The molecule has 2 N–H and O–H groups in total. The van der Waals surface area contributed by atoms with Crippen LogP contribution >= 0.6 is 0 Å². The summed E-state index contributed by atoms with van der Waals surface area (Å²) >= 11 is 0. The molecule has 0 spiro atoms. The Morgan fingerprint density at radius 2 is 2.00 bits per heavy atom. The topological polar surface area (TPSA) is 86.7 Å². The number of hydrogen-bond donors (Lipinski definition) is 2. The molecule has 1 unspecified atom stereocenters. The monoisotopic (exact) mass is 376 g/mol. The zero-order valence-corrected chi connectivity index (χ0v) is 16.6. The van der Waals surface area contributed by atoms with Gasteiger partial charge in [0.2, 0.25) is 11.8 Å². The maximum Gasteiger partial charge on any atom is 0.249 e. The molecular weight excluding hydrogens is 344 g/mol. The van der Waals surface area contributed by atoms with Crippen LogP contribution in [0.25, 0.3) is 0 Å². The number of carbonyl (C=O) groups excluding carboxylic acids is 3. The third-order valence-corrected chi connectivity index (χ3v) is 5.02. The second-order valence-electron chi connectivity index (χ2n) is 7.52. The highest BCUT2D eigenvalue weighted by Gasteiger charge is 2.34. The minimum atomic E-state index is -2.26. The van der Waals surface area contributed by atoms with Crippen LogP contribution in [0, 0.1) is 11.8 Å². The standard InChI is InChI=1S/C21H30N2O4/c1-12(2)19(25)17(24)10-13(3)20(26)22-18-16-9-7-6-8-15(16)11-14(4)23(5)21(18)27/h6-9,12-14,18-19,25H,10-11H2,1-5H3,(H,22,26)/t13-,14?,18+,19+/m1/s1/i14D,19D. The predicted octanol–water partition coefficient (Wildman–Crippen LogP) is 1.86. The largest absolute Gasteiger partial charge is 0.385 e. The quantitative estimate of drug-likeness (QED) is 0.793. The molecule has 27 heavy (non-hydrogen) atoms. The Hall–Kier alpha value is -2.21. The number of nitrogens with one attached hydrogen (secondary N) is 1. The number of rotatable bonds is 6. The van der Waals surface area contributed by atoms with E-state index in [1.807, 2.05) is 12.1 Å². The molecule has 6 nitrogen and oxygen atoms in total. The molecule has 0 radical (unpaired) electrons. The molecule has 2 amide bonds. The van der Waals surface area contributed by atoms with Crippen molar-refractivity contribution in [3.63, 3.8) is 0 Å². The fourth-order valence-electron chi connectivity index (χ4n) is 3.11. The first-order chi connectivity index (χ1) is 13.3. The van der Waals surface area contributed by atoms with E-state index in [-0.39, 0.29) is 6.42 Å². The summed E-state index contributed by atoms with van der Waals surface area (Å²) in [5.41, 5.74) is 1.43. The first-order valence-corrected chi connectivity index (χ1v) is 9.20. The molecule has 6 heteroatoms. The van der Waals surface area contributed by atoms with Gasteiger partial charge in [-0.15, -0.1) is 0 Å². The van der Waals surface area contributed by atoms with Crippen LogP contribution in [0.3, 0.4) is 0 Å². The number of aliphatic hydroxyl groups is 1. The molecular formula is C21H30N2O4. The summed E-state index contributed by atoms with van der Waals surface area (Å²) in [6.45, 7) is 6.29. The summed E-state index contributed by atoms with van der Waals surface area (Å²) in [5.74, 6) is -3.09. The number of likely N-dealkylation sites (N-methyl/N-ethyl adjacent to an activating group) is 1. The van der Waals surface area contributed by atoms with Crippen LogP contribution in [-0.4, -0.2) is 46.7 Å². The molecule has 4 atom stereocenters. The van der Waals surface area contributed by atoms with Crippen LogP contribution < -0.4 is 5.32 Å². The Balaban J connectivity index is 2.24. The van der Waals surface area contributed by atoms with Crippen LogP contribution in [0.2, 0.25) is 0 Å². The van der Waals surface area contributed by atoms with Gasteiger partial charge in [0, 0.05) is 25.4 Å².